The van der Waals surface area contributed by atoms with Crippen LogP contribution in [-0.4, -0.2) is 34.6 Å². The van der Waals surface area contributed by atoms with Crippen LogP contribution in [0.25, 0.3) is 5.57 Å². The number of urea groups is 1. The minimum absolute atomic E-state index is 0.305. The number of para-hydroxylation sites is 1. The molecule has 2 amide bonds. The molecule has 0 aliphatic carbocycles. The van der Waals surface area contributed by atoms with Crippen LogP contribution in [0, 0.1) is 0 Å². The number of carbonyl (C=O) groups excluding carboxylic acids is 1. The van der Waals surface area contributed by atoms with Crippen LogP contribution in [0.5, 0.6) is 0 Å². The van der Waals surface area contributed by atoms with E-state index in [1.165, 1.54) is 28.3 Å². The van der Waals surface area contributed by atoms with E-state index in [9.17, 15) is 13.2 Å². The molecular formula is C23H24N4O3S2. The molecule has 0 saturated carbocycles. The first-order chi connectivity index (χ1) is 15.4. The molecule has 7 nitrogen and oxygen atoms in total. The van der Waals surface area contributed by atoms with Crippen molar-refractivity contribution in [2.75, 3.05) is 35.1 Å². The number of benzene rings is 2. The van der Waals surface area contributed by atoms with E-state index in [0.29, 0.717) is 21.3 Å². The number of carbonyl (C=O) groups is 1. The highest BCUT2D eigenvalue weighted by Gasteiger charge is 2.24. The fourth-order valence-corrected chi connectivity index (χ4v) is 6.06. The number of rotatable bonds is 6. The zero-order chi connectivity index (χ0) is 22.6. The molecule has 1 aliphatic rings. The van der Waals surface area contributed by atoms with Gasteiger partial charge in [0, 0.05) is 29.8 Å². The Balaban J connectivity index is 1.43. The average Bonchev–Trinajstić information content (AvgIpc) is 3.32. The number of sulfonamides is 1. The summed E-state index contributed by atoms with van der Waals surface area (Å²) in [5.41, 5.74) is 2.93. The molecular weight excluding hydrogens is 444 g/mol. The predicted molar refractivity (Wildman–Crippen MR) is 131 cm³/mol. The maximum absolute atomic E-state index is 13.1. The summed E-state index contributed by atoms with van der Waals surface area (Å²) in [5, 5.41) is 8.74. The van der Waals surface area contributed by atoms with Crippen molar-refractivity contribution >= 4 is 50.0 Å². The van der Waals surface area contributed by atoms with E-state index in [1.807, 2.05) is 24.3 Å². The van der Waals surface area contributed by atoms with Crippen molar-refractivity contribution in [1.29, 1.82) is 0 Å². The molecule has 4 rings (SSSR count). The van der Waals surface area contributed by atoms with E-state index < -0.39 is 10.0 Å². The van der Waals surface area contributed by atoms with Crippen LogP contribution >= 0.6 is 11.3 Å². The molecule has 0 saturated heterocycles. The monoisotopic (exact) mass is 468 g/mol. The zero-order valence-corrected chi connectivity index (χ0v) is 19.2. The molecule has 1 aliphatic heterocycles. The molecule has 166 valence electrons. The molecule has 3 N–H and O–H groups in total. The quantitative estimate of drug-likeness (QED) is 0.493. The van der Waals surface area contributed by atoms with E-state index in [2.05, 4.69) is 22.0 Å². The third kappa shape index (κ3) is 5.01. The Morgan fingerprint density at radius 3 is 2.31 bits per heavy atom. The third-order valence-electron chi connectivity index (χ3n) is 5.10. The minimum atomic E-state index is -3.68. The Morgan fingerprint density at radius 1 is 0.969 bits per heavy atom. The maximum atomic E-state index is 13.1. The summed E-state index contributed by atoms with van der Waals surface area (Å²) < 4.78 is 27.8. The highest BCUT2D eigenvalue weighted by Crippen LogP contribution is 2.33. The fourth-order valence-electron chi connectivity index (χ4n) is 3.32. The van der Waals surface area contributed by atoms with Gasteiger partial charge in [-0.3, -0.25) is 4.31 Å². The summed E-state index contributed by atoms with van der Waals surface area (Å²) >= 11 is 1.29. The number of nitrogens with zero attached hydrogens (tertiary/aromatic N) is 1. The second kappa shape index (κ2) is 9.56. The van der Waals surface area contributed by atoms with Crippen molar-refractivity contribution in [2.45, 2.75) is 10.6 Å². The molecule has 2 heterocycles. The number of thiophene rings is 1. The van der Waals surface area contributed by atoms with Crippen molar-refractivity contribution in [3.63, 3.8) is 0 Å². The summed E-state index contributed by atoms with van der Waals surface area (Å²) in [6.07, 6.45) is 3.00. The maximum Gasteiger partial charge on any atom is 0.323 e. The number of anilines is 3. The van der Waals surface area contributed by atoms with Crippen LogP contribution in [0.3, 0.4) is 0 Å². The minimum Gasteiger partial charge on any atom is -0.313 e. The van der Waals surface area contributed by atoms with Crippen LogP contribution in [0.15, 0.2) is 77.0 Å². The van der Waals surface area contributed by atoms with Crippen molar-refractivity contribution in [1.82, 2.24) is 5.32 Å². The molecule has 0 radical (unpaired) electrons. The van der Waals surface area contributed by atoms with Crippen molar-refractivity contribution in [3.8, 4) is 0 Å². The first-order valence-electron chi connectivity index (χ1n) is 10.2. The SMILES string of the molecule is CN(c1ccc(NC(=O)Nc2ccccc2)cc1)S(=O)(=O)c1ccc(C2=CCNCC2)s1. The first-order valence-corrected chi connectivity index (χ1v) is 12.4. The average molecular weight is 469 g/mol. The van der Waals surface area contributed by atoms with E-state index in [0.717, 1.165) is 24.4 Å². The predicted octanol–water partition coefficient (Wildman–Crippen LogP) is 4.59. The van der Waals surface area contributed by atoms with Gasteiger partial charge in [0.15, 0.2) is 0 Å². The van der Waals surface area contributed by atoms with Gasteiger partial charge >= 0.3 is 6.03 Å². The van der Waals surface area contributed by atoms with Gasteiger partial charge in [-0.15, -0.1) is 11.3 Å². The lowest BCUT2D eigenvalue weighted by molar-refractivity contribution is 0.262. The molecule has 0 spiro atoms. The topological polar surface area (TPSA) is 90.5 Å². The van der Waals surface area contributed by atoms with Gasteiger partial charge in [-0.2, -0.15) is 0 Å². The summed E-state index contributed by atoms with van der Waals surface area (Å²) in [4.78, 5) is 13.1. The van der Waals surface area contributed by atoms with Crippen LogP contribution in [0.1, 0.15) is 11.3 Å². The van der Waals surface area contributed by atoms with Crippen LogP contribution in [-0.2, 0) is 10.0 Å². The molecule has 0 atom stereocenters. The van der Waals surface area contributed by atoms with E-state index in [1.54, 1.807) is 42.5 Å². The number of amides is 2. The molecule has 1 aromatic heterocycles. The van der Waals surface area contributed by atoms with E-state index in [4.69, 9.17) is 0 Å². The lowest BCUT2D eigenvalue weighted by Gasteiger charge is -2.19. The fraction of sp³-hybridized carbons (Fsp3) is 0.174. The molecule has 9 heteroatoms. The lowest BCUT2D eigenvalue weighted by atomic mass is 10.1. The standard InChI is InChI=1S/C23H24N4O3S2/c1-27(32(29,30)22-12-11-21(31-22)17-13-15-24-16-14-17)20-9-7-19(8-10-20)26-23(28)25-18-5-3-2-4-6-18/h2-13,24H,14-16H2,1H3,(H2,25,26,28). The van der Waals surface area contributed by atoms with Gasteiger partial charge in [-0.05, 0) is 67.1 Å². The van der Waals surface area contributed by atoms with Crippen molar-refractivity contribution < 1.29 is 13.2 Å². The summed E-state index contributed by atoms with van der Waals surface area (Å²) in [7, 11) is -2.15. The van der Waals surface area contributed by atoms with Gasteiger partial charge in [0.1, 0.15) is 4.21 Å². The van der Waals surface area contributed by atoms with Gasteiger partial charge in [-0.1, -0.05) is 24.3 Å². The van der Waals surface area contributed by atoms with Crippen LogP contribution in [0.2, 0.25) is 0 Å². The highest BCUT2D eigenvalue weighted by atomic mass is 32.2. The smallest absolute Gasteiger partial charge is 0.313 e. The summed E-state index contributed by atoms with van der Waals surface area (Å²) in [6, 6.07) is 19.0. The molecule has 32 heavy (non-hydrogen) atoms. The van der Waals surface area contributed by atoms with E-state index in [-0.39, 0.29) is 6.03 Å². The van der Waals surface area contributed by atoms with Crippen LogP contribution in [0.4, 0.5) is 21.9 Å². The molecule has 2 aromatic carbocycles. The Hall–Kier alpha value is -3.14. The number of hydrogen-bond acceptors (Lipinski definition) is 5. The molecule has 0 bridgehead atoms. The van der Waals surface area contributed by atoms with Gasteiger partial charge in [0.2, 0.25) is 0 Å². The second-order valence-electron chi connectivity index (χ2n) is 7.27. The van der Waals surface area contributed by atoms with Crippen LogP contribution < -0.4 is 20.3 Å². The molecule has 3 aromatic rings. The third-order valence-corrected chi connectivity index (χ3v) is 8.51. The lowest BCUT2D eigenvalue weighted by Crippen LogP contribution is -2.25. The second-order valence-corrected chi connectivity index (χ2v) is 10.5. The highest BCUT2D eigenvalue weighted by molar-refractivity contribution is 7.94. The van der Waals surface area contributed by atoms with Gasteiger partial charge < -0.3 is 16.0 Å². The summed E-state index contributed by atoms with van der Waals surface area (Å²) in [6.45, 7) is 1.70. The summed E-state index contributed by atoms with van der Waals surface area (Å²) in [5.74, 6) is 0. The van der Waals surface area contributed by atoms with Gasteiger partial charge in [0.25, 0.3) is 10.0 Å². The zero-order valence-electron chi connectivity index (χ0n) is 17.5. The largest absolute Gasteiger partial charge is 0.323 e. The van der Waals surface area contributed by atoms with Crippen molar-refractivity contribution in [2.24, 2.45) is 0 Å². The van der Waals surface area contributed by atoms with Gasteiger partial charge in [-0.25, -0.2) is 13.2 Å². The normalized spacial score (nSPS) is 13.8. The first kappa shape index (κ1) is 22.1. The number of hydrogen-bond donors (Lipinski definition) is 3. The van der Waals surface area contributed by atoms with Gasteiger partial charge in [0.05, 0.1) is 5.69 Å². The Labute approximate surface area is 191 Å². The molecule has 0 unspecified atom stereocenters. The molecule has 0 fully saturated rings. The Kier molecular flexibility index (Phi) is 6.59. The number of nitrogens with one attached hydrogen (secondary N) is 3. The Bertz CT molecular complexity index is 1220. The Morgan fingerprint density at radius 2 is 1.66 bits per heavy atom. The van der Waals surface area contributed by atoms with Crippen molar-refractivity contribution in [3.05, 3.63) is 77.7 Å². The van der Waals surface area contributed by atoms with E-state index >= 15 is 0 Å².